The second-order valence-electron chi connectivity index (χ2n) is 5.01. The van der Waals surface area contributed by atoms with E-state index in [1.807, 2.05) is 12.1 Å². The number of piperazine rings is 1. The maximum absolute atomic E-state index is 5.44. The fourth-order valence-corrected chi connectivity index (χ4v) is 3.64. The van der Waals surface area contributed by atoms with Gasteiger partial charge in [0.05, 0.1) is 18.4 Å². The molecule has 1 aliphatic rings. The highest BCUT2D eigenvalue weighted by Gasteiger charge is 2.14. The first-order valence-corrected chi connectivity index (χ1v) is 8.65. The third-order valence-electron chi connectivity index (χ3n) is 3.54. The Bertz CT molecular complexity index is 624. The molecule has 1 aliphatic heterocycles. The van der Waals surface area contributed by atoms with Crippen LogP contribution >= 0.6 is 64.5 Å². The minimum atomic E-state index is 0. The van der Waals surface area contributed by atoms with E-state index < -0.39 is 0 Å². The number of hydrogen-bond acceptors (Lipinski definition) is 5. The van der Waals surface area contributed by atoms with Gasteiger partial charge in [0.25, 0.3) is 0 Å². The van der Waals surface area contributed by atoms with Gasteiger partial charge in [0, 0.05) is 42.6 Å². The smallest absolute Gasteiger partial charge is 0.129 e. The van der Waals surface area contributed by atoms with Crippen molar-refractivity contribution in [2.24, 2.45) is 0 Å². The molecule has 0 spiro atoms. The van der Waals surface area contributed by atoms with Crippen LogP contribution in [0, 0.1) is 0 Å². The number of thiazole rings is 1. The maximum Gasteiger partial charge on any atom is 0.129 e. The quantitative estimate of drug-likeness (QED) is 0.714. The summed E-state index contributed by atoms with van der Waals surface area (Å²) in [6.45, 7) is 5.24. The fraction of sp³-hybridized carbons (Fsp3) is 0.400. The summed E-state index contributed by atoms with van der Waals surface area (Å²) in [5, 5.41) is 6.53. The fourth-order valence-electron chi connectivity index (χ4n) is 2.45. The van der Waals surface area contributed by atoms with Crippen molar-refractivity contribution in [2.75, 3.05) is 33.3 Å². The molecule has 0 radical (unpaired) electrons. The summed E-state index contributed by atoms with van der Waals surface area (Å²) in [6, 6.07) is 6.01. The van der Waals surface area contributed by atoms with Gasteiger partial charge in [0.15, 0.2) is 0 Å². The lowest BCUT2D eigenvalue weighted by atomic mass is 10.2. The van der Waals surface area contributed by atoms with E-state index in [9.17, 15) is 0 Å². The molecule has 0 unspecified atom stereocenters. The molecule has 136 valence electrons. The van der Waals surface area contributed by atoms with Crippen molar-refractivity contribution in [2.45, 2.75) is 6.54 Å². The standard InChI is InChI=1S/C15H18BrN3OS.3ClH/c1-20-14-3-2-11(16)8-13(14)15-18-12(10-21-15)9-19-6-4-17-5-7-19;;;/h2-3,8,10,17H,4-7,9H2,1H3;3*1H. The zero-order chi connectivity index (χ0) is 14.7. The summed E-state index contributed by atoms with van der Waals surface area (Å²) >= 11 is 5.19. The van der Waals surface area contributed by atoms with Crippen LogP contribution in [0.2, 0.25) is 0 Å². The number of hydrogen-bond donors (Lipinski definition) is 1. The largest absolute Gasteiger partial charge is 0.496 e. The number of benzene rings is 1. The molecule has 9 heteroatoms. The minimum Gasteiger partial charge on any atom is -0.496 e. The van der Waals surface area contributed by atoms with Crippen LogP contribution in [-0.2, 0) is 6.54 Å². The Morgan fingerprint density at radius 1 is 1.25 bits per heavy atom. The molecule has 0 amide bonds. The Kier molecular flexibility index (Phi) is 11.5. The third-order valence-corrected chi connectivity index (χ3v) is 4.96. The molecule has 0 bridgehead atoms. The molecule has 2 aromatic rings. The van der Waals surface area contributed by atoms with Gasteiger partial charge in [-0.1, -0.05) is 15.9 Å². The zero-order valence-corrected chi connectivity index (χ0v) is 18.0. The lowest BCUT2D eigenvalue weighted by Crippen LogP contribution is -2.42. The summed E-state index contributed by atoms with van der Waals surface area (Å²) in [4.78, 5) is 7.22. The van der Waals surface area contributed by atoms with Crippen molar-refractivity contribution in [3.05, 3.63) is 33.7 Å². The number of rotatable bonds is 4. The van der Waals surface area contributed by atoms with Gasteiger partial charge in [0.1, 0.15) is 10.8 Å². The van der Waals surface area contributed by atoms with E-state index in [1.165, 1.54) is 0 Å². The summed E-state index contributed by atoms with van der Waals surface area (Å²) in [5.74, 6) is 0.862. The SMILES string of the molecule is COc1ccc(Br)cc1-c1nc(CN2CCNCC2)cs1.Cl.Cl.Cl. The normalized spacial score (nSPS) is 14.1. The van der Waals surface area contributed by atoms with E-state index >= 15 is 0 Å². The summed E-state index contributed by atoms with van der Waals surface area (Å²) < 4.78 is 6.48. The van der Waals surface area contributed by atoms with Gasteiger partial charge >= 0.3 is 0 Å². The molecule has 1 aromatic carbocycles. The number of nitrogens with one attached hydrogen (secondary N) is 1. The number of aromatic nitrogens is 1. The van der Waals surface area contributed by atoms with E-state index in [1.54, 1.807) is 18.4 Å². The van der Waals surface area contributed by atoms with Gasteiger partial charge in [-0.3, -0.25) is 4.90 Å². The highest BCUT2D eigenvalue weighted by Crippen LogP contribution is 2.34. The molecular formula is C15H21BrCl3N3OS. The van der Waals surface area contributed by atoms with E-state index in [2.05, 4.69) is 37.6 Å². The molecular weight excluding hydrogens is 457 g/mol. The average Bonchev–Trinajstić information content (AvgIpc) is 2.96. The summed E-state index contributed by atoms with van der Waals surface area (Å²) in [5.41, 5.74) is 2.18. The Balaban J connectivity index is 0.00000176. The topological polar surface area (TPSA) is 37.4 Å². The molecule has 0 saturated carbocycles. The van der Waals surface area contributed by atoms with Crippen LogP contribution < -0.4 is 10.1 Å². The van der Waals surface area contributed by atoms with E-state index in [0.29, 0.717) is 0 Å². The second kappa shape index (κ2) is 11.5. The van der Waals surface area contributed by atoms with Crippen LogP contribution in [-0.4, -0.2) is 43.2 Å². The highest BCUT2D eigenvalue weighted by atomic mass is 79.9. The molecule has 1 aromatic heterocycles. The van der Waals surface area contributed by atoms with Crippen LogP contribution in [0.4, 0.5) is 0 Å². The minimum absolute atomic E-state index is 0. The molecule has 4 nitrogen and oxygen atoms in total. The molecule has 24 heavy (non-hydrogen) atoms. The second-order valence-corrected chi connectivity index (χ2v) is 6.79. The van der Waals surface area contributed by atoms with Gasteiger partial charge in [-0.15, -0.1) is 48.6 Å². The average molecular weight is 478 g/mol. The first-order chi connectivity index (χ1) is 10.3. The Labute approximate surface area is 173 Å². The molecule has 0 aliphatic carbocycles. The molecule has 1 N–H and O–H groups in total. The van der Waals surface area contributed by atoms with Gasteiger partial charge in [-0.05, 0) is 18.2 Å². The third kappa shape index (κ3) is 6.02. The molecule has 2 heterocycles. The molecule has 3 rings (SSSR count). The van der Waals surface area contributed by atoms with Crippen molar-refractivity contribution in [3.63, 3.8) is 0 Å². The summed E-state index contributed by atoms with van der Waals surface area (Å²) in [6.07, 6.45) is 0. The van der Waals surface area contributed by atoms with Crippen LogP contribution in [0.3, 0.4) is 0 Å². The van der Waals surface area contributed by atoms with E-state index in [-0.39, 0.29) is 37.2 Å². The zero-order valence-electron chi connectivity index (χ0n) is 13.2. The predicted octanol–water partition coefficient (Wildman–Crippen LogP) is 4.25. The number of ether oxygens (including phenoxy) is 1. The van der Waals surface area contributed by atoms with Crippen molar-refractivity contribution in [1.29, 1.82) is 0 Å². The summed E-state index contributed by atoms with van der Waals surface area (Å²) in [7, 11) is 1.70. The Morgan fingerprint density at radius 3 is 2.62 bits per heavy atom. The molecule has 1 fully saturated rings. The monoisotopic (exact) mass is 475 g/mol. The van der Waals surface area contributed by atoms with Crippen LogP contribution in [0.25, 0.3) is 10.6 Å². The number of nitrogens with zero attached hydrogens (tertiary/aromatic N) is 2. The first kappa shape index (κ1) is 23.9. The maximum atomic E-state index is 5.44. The van der Waals surface area contributed by atoms with Gasteiger partial charge in [-0.25, -0.2) is 4.98 Å². The number of methoxy groups -OCH3 is 1. The first-order valence-electron chi connectivity index (χ1n) is 6.97. The van der Waals surface area contributed by atoms with Crippen LogP contribution in [0.5, 0.6) is 5.75 Å². The van der Waals surface area contributed by atoms with Crippen LogP contribution in [0.15, 0.2) is 28.1 Å². The number of halogens is 4. The van der Waals surface area contributed by atoms with Gasteiger partial charge < -0.3 is 10.1 Å². The Morgan fingerprint density at radius 2 is 1.96 bits per heavy atom. The highest BCUT2D eigenvalue weighted by molar-refractivity contribution is 9.10. The lowest BCUT2D eigenvalue weighted by molar-refractivity contribution is 0.231. The van der Waals surface area contributed by atoms with Gasteiger partial charge in [-0.2, -0.15) is 0 Å². The Hall–Kier alpha value is -0.0800. The molecule has 0 atom stereocenters. The van der Waals surface area contributed by atoms with Crippen molar-refractivity contribution in [3.8, 4) is 16.3 Å². The predicted molar refractivity (Wildman–Crippen MR) is 112 cm³/mol. The molecule has 1 saturated heterocycles. The lowest BCUT2D eigenvalue weighted by Gasteiger charge is -2.26. The van der Waals surface area contributed by atoms with Crippen molar-refractivity contribution >= 4 is 64.5 Å². The van der Waals surface area contributed by atoms with E-state index in [0.717, 1.165) is 59.2 Å². The van der Waals surface area contributed by atoms with Crippen LogP contribution in [0.1, 0.15) is 5.69 Å². The van der Waals surface area contributed by atoms with Crippen molar-refractivity contribution < 1.29 is 4.74 Å². The van der Waals surface area contributed by atoms with E-state index in [4.69, 9.17) is 9.72 Å². The van der Waals surface area contributed by atoms with Crippen molar-refractivity contribution in [1.82, 2.24) is 15.2 Å². The van der Waals surface area contributed by atoms with Gasteiger partial charge in [0.2, 0.25) is 0 Å².